The number of aryl methyl sites for hydroxylation is 1. The van der Waals surface area contributed by atoms with Crippen molar-refractivity contribution in [3.63, 3.8) is 0 Å². The molecule has 0 saturated carbocycles. The van der Waals surface area contributed by atoms with Crippen LogP contribution in [0.1, 0.15) is 52.8 Å². The van der Waals surface area contributed by atoms with Crippen LogP contribution >= 0.6 is 0 Å². The molecule has 2 aromatic heterocycles. The molecule has 38 heavy (non-hydrogen) atoms. The van der Waals surface area contributed by atoms with Crippen molar-refractivity contribution in [2.24, 2.45) is 0 Å². The fourth-order valence-electron chi connectivity index (χ4n) is 5.31. The second kappa shape index (κ2) is 11.8. The molecule has 1 amide bonds. The van der Waals surface area contributed by atoms with Crippen LogP contribution in [0.3, 0.4) is 0 Å². The lowest BCUT2D eigenvalue weighted by Gasteiger charge is -2.21. The van der Waals surface area contributed by atoms with Crippen LogP contribution < -0.4 is 10.1 Å². The number of methoxy groups -OCH3 is 1. The summed E-state index contributed by atoms with van der Waals surface area (Å²) >= 11 is 0. The summed E-state index contributed by atoms with van der Waals surface area (Å²) in [6, 6.07) is 34.9. The molecular weight excluding hydrogens is 470 g/mol. The number of benzene rings is 3. The summed E-state index contributed by atoms with van der Waals surface area (Å²) in [5.41, 5.74) is 6.39. The second-order valence-electron chi connectivity index (χ2n) is 9.56. The first-order valence-corrected chi connectivity index (χ1v) is 13.1. The third kappa shape index (κ3) is 5.47. The summed E-state index contributed by atoms with van der Waals surface area (Å²) in [5.74, 6) is 0.775. The molecule has 0 saturated heterocycles. The molecule has 0 aliphatic rings. The number of hydrogen-bond acceptors (Lipinski definition) is 3. The molecule has 1 atom stereocenters. The van der Waals surface area contributed by atoms with Gasteiger partial charge < -0.3 is 14.5 Å². The predicted octanol–water partition coefficient (Wildman–Crippen LogP) is 6.51. The van der Waals surface area contributed by atoms with Crippen molar-refractivity contribution in [3.05, 3.63) is 137 Å². The van der Waals surface area contributed by atoms with Crippen molar-refractivity contribution in [2.75, 3.05) is 13.7 Å². The maximum absolute atomic E-state index is 13.4. The Morgan fingerprint density at radius 2 is 1.50 bits per heavy atom. The number of amides is 1. The van der Waals surface area contributed by atoms with Crippen LogP contribution in [0.2, 0.25) is 0 Å². The first kappa shape index (κ1) is 25.3. The van der Waals surface area contributed by atoms with Crippen molar-refractivity contribution in [1.29, 1.82) is 0 Å². The number of carbonyl (C=O) groups excluding carboxylic acids is 1. The fraction of sp³-hybridized carbons (Fsp3) is 0.212. The van der Waals surface area contributed by atoms with E-state index in [2.05, 4.69) is 76.2 Å². The Morgan fingerprint density at radius 1 is 0.842 bits per heavy atom. The van der Waals surface area contributed by atoms with Gasteiger partial charge in [0.25, 0.3) is 0 Å². The Balaban J connectivity index is 1.37. The fourth-order valence-corrected chi connectivity index (χ4v) is 5.31. The Hall–Kier alpha value is -4.38. The summed E-state index contributed by atoms with van der Waals surface area (Å²) in [6.07, 6.45) is 2.99. The lowest BCUT2D eigenvalue weighted by molar-refractivity contribution is -0.121. The molecule has 5 aromatic rings. The standard InChI is InChI=1S/C33H33N3O2/c1-24-12-11-19-32-35-23-30(36(24)32)29(28-17-9-10-18-31(28)38-2)22-33(37)34-21-20-27(25-13-5-3-6-14-25)26-15-7-4-8-16-26/h3-19,23,27,29H,20-22H2,1-2H3,(H,34,37). The van der Waals surface area contributed by atoms with E-state index in [9.17, 15) is 4.79 Å². The van der Waals surface area contributed by atoms with Gasteiger partial charge in [-0.25, -0.2) is 4.98 Å². The van der Waals surface area contributed by atoms with E-state index in [1.165, 1.54) is 11.1 Å². The van der Waals surface area contributed by atoms with Gasteiger partial charge >= 0.3 is 0 Å². The normalized spacial score (nSPS) is 12.0. The Morgan fingerprint density at radius 3 is 2.18 bits per heavy atom. The Labute approximate surface area is 224 Å². The average Bonchev–Trinajstić information content (AvgIpc) is 3.40. The van der Waals surface area contributed by atoms with Crippen LogP contribution in [0.4, 0.5) is 0 Å². The van der Waals surface area contributed by atoms with Crippen molar-refractivity contribution in [3.8, 4) is 5.75 Å². The van der Waals surface area contributed by atoms with Gasteiger partial charge in [0.1, 0.15) is 11.4 Å². The molecule has 5 rings (SSSR count). The van der Waals surface area contributed by atoms with E-state index in [1.54, 1.807) is 7.11 Å². The summed E-state index contributed by atoms with van der Waals surface area (Å²) in [7, 11) is 1.67. The number of imidazole rings is 1. The largest absolute Gasteiger partial charge is 0.496 e. The SMILES string of the molecule is COc1ccccc1C(CC(=O)NCCC(c1ccccc1)c1ccccc1)c1cnc2cccc(C)n12. The zero-order valence-corrected chi connectivity index (χ0v) is 21.9. The maximum atomic E-state index is 13.4. The molecule has 2 heterocycles. The van der Waals surface area contributed by atoms with Crippen molar-refractivity contribution in [1.82, 2.24) is 14.7 Å². The second-order valence-corrected chi connectivity index (χ2v) is 9.56. The molecule has 1 unspecified atom stereocenters. The minimum Gasteiger partial charge on any atom is -0.496 e. The number of rotatable bonds is 10. The Kier molecular flexibility index (Phi) is 7.84. The topological polar surface area (TPSA) is 55.6 Å². The van der Waals surface area contributed by atoms with E-state index in [0.29, 0.717) is 13.0 Å². The van der Waals surface area contributed by atoms with Crippen molar-refractivity contribution < 1.29 is 9.53 Å². The number of fused-ring (bicyclic) bond motifs is 1. The maximum Gasteiger partial charge on any atom is 0.221 e. The zero-order chi connectivity index (χ0) is 26.3. The lowest BCUT2D eigenvalue weighted by Crippen LogP contribution is -2.28. The first-order chi connectivity index (χ1) is 18.7. The molecule has 0 radical (unpaired) electrons. The summed E-state index contributed by atoms with van der Waals surface area (Å²) in [4.78, 5) is 18.0. The van der Waals surface area contributed by atoms with Crippen molar-refractivity contribution >= 4 is 11.6 Å². The molecule has 0 bridgehead atoms. The number of ether oxygens (including phenoxy) is 1. The predicted molar refractivity (Wildman–Crippen MR) is 152 cm³/mol. The average molecular weight is 504 g/mol. The van der Waals surface area contributed by atoms with E-state index in [4.69, 9.17) is 4.74 Å². The number of hydrogen-bond donors (Lipinski definition) is 1. The molecule has 0 fully saturated rings. The third-order valence-electron chi connectivity index (χ3n) is 7.17. The van der Waals surface area contributed by atoms with Crippen LogP contribution in [0.5, 0.6) is 5.75 Å². The summed E-state index contributed by atoms with van der Waals surface area (Å²) < 4.78 is 7.83. The molecule has 0 spiro atoms. The van der Waals surface area contributed by atoms with Gasteiger partial charge in [0.15, 0.2) is 0 Å². The minimum absolute atomic E-state index is 0.00399. The highest BCUT2D eigenvalue weighted by Gasteiger charge is 2.25. The first-order valence-electron chi connectivity index (χ1n) is 13.1. The number of aromatic nitrogens is 2. The highest BCUT2D eigenvalue weighted by Crippen LogP contribution is 2.35. The molecule has 192 valence electrons. The quantitative estimate of drug-likeness (QED) is 0.236. The highest BCUT2D eigenvalue weighted by atomic mass is 16.5. The lowest BCUT2D eigenvalue weighted by atomic mass is 9.88. The van der Waals surface area contributed by atoms with Gasteiger partial charge in [0, 0.05) is 42.3 Å². The number of nitrogens with zero attached hydrogens (tertiary/aromatic N) is 2. The van der Waals surface area contributed by atoms with Crippen LogP contribution in [0.15, 0.2) is 109 Å². The summed E-state index contributed by atoms with van der Waals surface area (Å²) in [5, 5.41) is 3.21. The minimum atomic E-state index is -0.207. The molecular formula is C33H33N3O2. The van der Waals surface area contributed by atoms with E-state index >= 15 is 0 Å². The third-order valence-corrected chi connectivity index (χ3v) is 7.17. The summed E-state index contributed by atoms with van der Waals surface area (Å²) in [6.45, 7) is 2.64. The molecule has 1 N–H and O–H groups in total. The number of carbonyl (C=O) groups is 1. The highest BCUT2D eigenvalue weighted by molar-refractivity contribution is 5.77. The molecule has 5 nitrogen and oxygen atoms in total. The molecule has 0 aliphatic carbocycles. The van der Waals surface area contributed by atoms with E-state index in [-0.39, 0.29) is 17.7 Å². The molecule has 3 aromatic carbocycles. The number of pyridine rings is 1. The van der Waals surface area contributed by atoms with Crippen LogP contribution in [-0.2, 0) is 4.79 Å². The number of para-hydroxylation sites is 1. The van der Waals surface area contributed by atoms with Crippen LogP contribution in [-0.4, -0.2) is 28.9 Å². The van der Waals surface area contributed by atoms with Crippen LogP contribution in [0.25, 0.3) is 5.65 Å². The van der Waals surface area contributed by atoms with E-state index in [1.807, 2.05) is 54.7 Å². The van der Waals surface area contributed by atoms with Gasteiger partial charge in [0.05, 0.1) is 12.8 Å². The Bertz CT molecular complexity index is 1460. The molecule has 0 aliphatic heterocycles. The van der Waals surface area contributed by atoms with Gasteiger partial charge in [0.2, 0.25) is 5.91 Å². The van der Waals surface area contributed by atoms with Crippen molar-refractivity contribution in [2.45, 2.75) is 31.6 Å². The van der Waals surface area contributed by atoms with Gasteiger partial charge in [-0.2, -0.15) is 0 Å². The van der Waals surface area contributed by atoms with Gasteiger partial charge in [-0.3, -0.25) is 4.79 Å². The van der Waals surface area contributed by atoms with E-state index in [0.717, 1.165) is 34.8 Å². The van der Waals surface area contributed by atoms with Crippen LogP contribution in [0, 0.1) is 6.92 Å². The van der Waals surface area contributed by atoms with Gasteiger partial charge in [-0.15, -0.1) is 0 Å². The monoisotopic (exact) mass is 503 g/mol. The smallest absolute Gasteiger partial charge is 0.221 e. The van der Waals surface area contributed by atoms with Gasteiger partial charge in [-0.05, 0) is 42.7 Å². The van der Waals surface area contributed by atoms with E-state index < -0.39 is 0 Å². The van der Waals surface area contributed by atoms with Gasteiger partial charge in [-0.1, -0.05) is 84.9 Å². The number of nitrogens with one attached hydrogen (secondary N) is 1. The zero-order valence-electron chi connectivity index (χ0n) is 21.9. The molecule has 5 heteroatoms.